The average Bonchev–Trinajstić information content (AvgIpc) is 2.80. The molecule has 7 heteroatoms. The lowest BCUT2D eigenvalue weighted by molar-refractivity contribution is -0.115. The summed E-state index contributed by atoms with van der Waals surface area (Å²) in [4.78, 5) is 25.1. The number of methoxy groups -OCH3 is 3. The summed E-state index contributed by atoms with van der Waals surface area (Å²) >= 11 is 0. The Morgan fingerprint density at radius 1 is 0.742 bits per heavy atom. The zero-order valence-electron chi connectivity index (χ0n) is 17.6. The lowest BCUT2D eigenvalue weighted by Crippen LogP contribution is -2.16. The smallest absolute Gasteiger partial charge is 0.255 e. The minimum absolute atomic E-state index is 0.162. The Hall–Kier alpha value is -4.00. The quantitative estimate of drug-likeness (QED) is 0.572. The van der Waals surface area contributed by atoms with Gasteiger partial charge in [-0.3, -0.25) is 9.59 Å². The van der Waals surface area contributed by atoms with Crippen LogP contribution in [0.3, 0.4) is 0 Å². The molecule has 2 N–H and O–H groups in total. The molecule has 0 fully saturated rings. The third kappa shape index (κ3) is 5.54. The number of amides is 2. The summed E-state index contributed by atoms with van der Waals surface area (Å²) in [5.41, 5.74) is 2.19. The van der Waals surface area contributed by atoms with Crippen molar-refractivity contribution in [2.24, 2.45) is 0 Å². The van der Waals surface area contributed by atoms with Crippen molar-refractivity contribution < 1.29 is 23.8 Å². The number of carbonyl (C=O) groups excluding carboxylic acids is 2. The van der Waals surface area contributed by atoms with Crippen molar-refractivity contribution >= 4 is 23.2 Å². The van der Waals surface area contributed by atoms with Gasteiger partial charge in [0, 0.05) is 17.7 Å². The van der Waals surface area contributed by atoms with E-state index in [1.807, 2.05) is 24.3 Å². The number of anilines is 2. The van der Waals surface area contributed by atoms with Gasteiger partial charge in [0.05, 0.1) is 39.1 Å². The Labute approximate surface area is 180 Å². The molecule has 160 valence electrons. The molecule has 31 heavy (non-hydrogen) atoms. The van der Waals surface area contributed by atoms with E-state index in [4.69, 9.17) is 14.2 Å². The average molecular weight is 420 g/mol. The van der Waals surface area contributed by atoms with Crippen LogP contribution in [0.4, 0.5) is 11.4 Å². The second-order valence-corrected chi connectivity index (χ2v) is 6.65. The minimum atomic E-state index is -0.282. The SMILES string of the molecule is COc1cccc(CC(=O)Nc2cc(OC)c(NC(=O)c3ccccc3)cc2OC)c1. The fourth-order valence-electron chi connectivity index (χ4n) is 3.04. The van der Waals surface area contributed by atoms with Gasteiger partial charge in [-0.05, 0) is 29.8 Å². The van der Waals surface area contributed by atoms with E-state index in [-0.39, 0.29) is 18.2 Å². The monoisotopic (exact) mass is 420 g/mol. The predicted octanol–water partition coefficient (Wildman–Crippen LogP) is 4.15. The van der Waals surface area contributed by atoms with Gasteiger partial charge in [0.1, 0.15) is 17.2 Å². The zero-order chi connectivity index (χ0) is 22.2. The van der Waals surface area contributed by atoms with Gasteiger partial charge in [-0.25, -0.2) is 0 Å². The van der Waals surface area contributed by atoms with Crippen LogP contribution in [0.2, 0.25) is 0 Å². The normalized spacial score (nSPS) is 10.2. The number of hydrogen-bond acceptors (Lipinski definition) is 5. The highest BCUT2D eigenvalue weighted by molar-refractivity contribution is 6.05. The summed E-state index contributed by atoms with van der Waals surface area (Å²) in [5.74, 6) is 0.957. The highest BCUT2D eigenvalue weighted by Crippen LogP contribution is 2.36. The highest BCUT2D eigenvalue weighted by atomic mass is 16.5. The summed E-state index contributed by atoms with van der Waals surface area (Å²) < 4.78 is 16.0. The number of carbonyl (C=O) groups is 2. The van der Waals surface area contributed by atoms with Gasteiger partial charge in [0.15, 0.2) is 0 Å². The third-order valence-corrected chi connectivity index (χ3v) is 4.58. The van der Waals surface area contributed by atoms with Crippen molar-refractivity contribution in [3.8, 4) is 17.2 Å². The van der Waals surface area contributed by atoms with E-state index in [0.717, 1.165) is 5.56 Å². The van der Waals surface area contributed by atoms with Gasteiger partial charge in [0.2, 0.25) is 5.91 Å². The van der Waals surface area contributed by atoms with Crippen molar-refractivity contribution in [2.45, 2.75) is 6.42 Å². The molecule has 7 nitrogen and oxygen atoms in total. The summed E-state index contributed by atoms with van der Waals surface area (Å²) in [6.07, 6.45) is 0.162. The first-order valence-corrected chi connectivity index (χ1v) is 9.59. The maximum Gasteiger partial charge on any atom is 0.255 e. The molecular formula is C24H24N2O5. The Morgan fingerprint density at radius 2 is 1.39 bits per heavy atom. The molecule has 3 aromatic carbocycles. The predicted molar refractivity (Wildman–Crippen MR) is 119 cm³/mol. The molecule has 0 heterocycles. The van der Waals surface area contributed by atoms with Gasteiger partial charge >= 0.3 is 0 Å². The first-order valence-electron chi connectivity index (χ1n) is 9.59. The van der Waals surface area contributed by atoms with E-state index in [2.05, 4.69) is 10.6 Å². The first-order chi connectivity index (χ1) is 15.0. The molecule has 0 aliphatic heterocycles. The van der Waals surface area contributed by atoms with Crippen LogP contribution >= 0.6 is 0 Å². The van der Waals surface area contributed by atoms with Crippen molar-refractivity contribution in [2.75, 3.05) is 32.0 Å². The zero-order valence-corrected chi connectivity index (χ0v) is 17.6. The van der Waals surface area contributed by atoms with E-state index < -0.39 is 0 Å². The van der Waals surface area contributed by atoms with Crippen LogP contribution in [0.1, 0.15) is 15.9 Å². The molecule has 0 atom stereocenters. The van der Waals surface area contributed by atoms with E-state index in [0.29, 0.717) is 34.2 Å². The second-order valence-electron chi connectivity index (χ2n) is 6.65. The molecule has 0 aromatic heterocycles. The van der Waals surface area contributed by atoms with E-state index in [9.17, 15) is 9.59 Å². The Kier molecular flexibility index (Phi) is 7.11. The maximum absolute atomic E-state index is 12.6. The lowest BCUT2D eigenvalue weighted by atomic mass is 10.1. The summed E-state index contributed by atoms with van der Waals surface area (Å²) in [6, 6.07) is 19.4. The lowest BCUT2D eigenvalue weighted by Gasteiger charge is -2.16. The number of ether oxygens (including phenoxy) is 3. The van der Waals surface area contributed by atoms with Crippen LogP contribution in [-0.4, -0.2) is 33.1 Å². The van der Waals surface area contributed by atoms with Crippen LogP contribution < -0.4 is 24.8 Å². The van der Waals surface area contributed by atoms with E-state index in [1.54, 1.807) is 49.6 Å². The van der Waals surface area contributed by atoms with E-state index >= 15 is 0 Å². The minimum Gasteiger partial charge on any atom is -0.497 e. The molecule has 0 saturated heterocycles. The number of benzene rings is 3. The van der Waals surface area contributed by atoms with Crippen LogP contribution in [0.15, 0.2) is 66.7 Å². The maximum atomic E-state index is 12.6. The Morgan fingerprint density at radius 3 is 2.00 bits per heavy atom. The summed E-state index contributed by atoms with van der Waals surface area (Å²) in [5, 5.41) is 5.65. The van der Waals surface area contributed by atoms with Crippen molar-refractivity contribution in [1.29, 1.82) is 0 Å². The molecule has 0 radical (unpaired) electrons. The number of nitrogens with one attached hydrogen (secondary N) is 2. The topological polar surface area (TPSA) is 85.9 Å². The number of rotatable bonds is 8. The van der Waals surface area contributed by atoms with Crippen LogP contribution in [0.25, 0.3) is 0 Å². The molecule has 0 aliphatic rings. The second kappa shape index (κ2) is 10.2. The van der Waals surface area contributed by atoms with Crippen LogP contribution in [0, 0.1) is 0 Å². The first kappa shape index (κ1) is 21.7. The standard InChI is InChI=1S/C24H24N2O5/c1-29-18-11-7-8-16(12-18)13-23(27)25-19-14-22(31-3)20(15-21(19)30-2)26-24(28)17-9-5-4-6-10-17/h4-12,14-15H,13H2,1-3H3,(H,25,27)(H,26,28). The fourth-order valence-corrected chi connectivity index (χ4v) is 3.04. The molecule has 0 saturated carbocycles. The van der Waals surface area contributed by atoms with Gasteiger partial charge in [-0.15, -0.1) is 0 Å². The fraction of sp³-hybridized carbons (Fsp3) is 0.167. The molecule has 0 unspecified atom stereocenters. The summed E-state index contributed by atoms with van der Waals surface area (Å²) in [6.45, 7) is 0. The molecule has 0 bridgehead atoms. The largest absolute Gasteiger partial charge is 0.497 e. The van der Waals surface area contributed by atoms with Gasteiger partial charge in [0.25, 0.3) is 5.91 Å². The Balaban J connectivity index is 1.79. The van der Waals surface area contributed by atoms with Crippen LogP contribution in [-0.2, 0) is 11.2 Å². The van der Waals surface area contributed by atoms with Crippen molar-refractivity contribution in [3.63, 3.8) is 0 Å². The molecule has 3 aromatic rings. The number of hydrogen-bond donors (Lipinski definition) is 2. The summed E-state index contributed by atoms with van der Waals surface area (Å²) in [7, 11) is 4.55. The Bertz CT molecular complexity index is 1070. The highest BCUT2D eigenvalue weighted by Gasteiger charge is 2.16. The van der Waals surface area contributed by atoms with Gasteiger partial charge in [-0.1, -0.05) is 30.3 Å². The van der Waals surface area contributed by atoms with E-state index in [1.165, 1.54) is 14.2 Å². The van der Waals surface area contributed by atoms with Crippen molar-refractivity contribution in [3.05, 3.63) is 77.9 Å². The molecular weight excluding hydrogens is 396 g/mol. The van der Waals surface area contributed by atoms with Crippen LogP contribution in [0.5, 0.6) is 17.2 Å². The van der Waals surface area contributed by atoms with Gasteiger partial charge in [-0.2, -0.15) is 0 Å². The molecule has 0 spiro atoms. The van der Waals surface area contributed by atoms with Crippen molar-refractivity contribution in [1.82, 2.24) is 0 Å². The molecule has 0 aliphatic carbocycles. The third-order valence-electron chi connectivity index (χ3n) is 4.58. The molecule has 2 amide bonds. The molecule has 3 rings (SSSR count). The van der Waals surface area contributed by atoms with Gasteiger partial charge < -0.3 is 24.8 Å².